The second-order valence-corrected chi connectivity index (χ2v) is 6.82. The standard InChI is InChI=1S/C15H26N4O2S/c1-12(2)19-8-4-15(5-9-19,13(20)16-6-10-21-3)18-14-17-7-11-22-14/h7,11-12H,4-6,8-10H2,1-3H3,(H,16,20)(H,17,18). The molecule has 0 aliphatic carbocycles. The van der Waals surface area contributed by atoms with Crippen LogP contribution in [0.3, 0.4) is 0 Å². The third-order valence-electron chi connectivity index (χ3n) is 4.19. The van der Waals surface area contributed by atoms with E-state index in [4.69, 9.17) is 4.74 Å². The van der Waals surface area contributed by atoms with E-state index in [0.717, 1.165) is 31.1 Å². The number of ether oxygens (including phenoxy) is 1. The number of hydrogen-bond donors (Lipinski definition) is 2. The minimum atomic E-state index is -0.572. The summed E-state index contributed by atoms with van der Waals surface area (Å²) in [7, 11) is 1.64. The first-order valence-electron chi connectivity index (χ1n) is 7.76. The second kappa shape index (κ2) is 7.89. The summed E-state index contributed by atoms with van der Waals surface area (Å²) >= 11 is 1.53. The minimum Gasteiger partial charge on any atom is -0.383 e. The summed E-state index contributed by atoms with van der Waals surface area (Å²) in [6.45, 7) is 7.27. The van der Waals surface area contributed by atoms with Crippen LogP contribution in [0.4, 0.5) is 5.13 Å². The van der Waals surface area contributed by atoms with Crippen LogP contribution in [0.25, 0.3) is 0 Å². The van der Waals surface area contributed by atoms with Crippen LogP contribution in [0.15, 0.2) is 11.6 Å². The zero-order valence-electron chi connectivity index (χ0n) is 13.6. The maximum atomic E-state index is 12.7. The molecular weight excluding hydrogens is 300 g/mol. The van der Waals surface area contributed by atoms with Crippen molar-refractivity contribution in [2.24, 2.45) is 0 Å². The van der Waals surface area contributed by atoms with E-state index in [1.54, 1.807) is 13.3 Å². The summed E-state index contributed by atoms with van der Waals surface area (Å²) in [5, 5.41) is 9.10. The van der Waals surface area contributed by atoms with Crippen molar-refractivity contribution in [3.63, 3.8) is 0 Å². The highest BCUT2D eigenvalue weighted by Crippen LogP contribution is 2.29. The lowest BCUT2D eigenvalue weighted by Gasteiger charge is -2.42. The van der Waals surface area contributed by atoms with Gasteiger partial charge in [-0.05, 0) is 26.7 Å². The Morgan fingerprint density at radius 2 is 2.23 bits per heavy atom. The number of nitrogens with one attached hydrogen (secondary N) is 2. The molecule has 124 valence electrons. The van der Waals surface area contributed by atoms with E-state index in [0.29, 0.717) is 19.2 Å². The van der Waals surface area contributed by atoms with Gasteiger partial charge in [-0.15, -0.1) is 11.3 Å². The number of piperidine rings is 1. The number of thiazole rings is 1. The van der Waals surface area contributed by atoms with Crippen LogP contribution in [-0.4, -0.2) is 60.7 Å². The normalized spacial score (nSPS) is 18.4. The molecule has 1 saturated heterocycles. The Labute approximate surface area is 136 Å². The van der Waals surface area contributed by atoms with Crippen LogP contribution in [0.2, 0.25) is 0 Å². The first-order chi connectivity index (χ1) is 10.6. The van der Waals surface area contributed by atoms with Gasteiger partial charge >= 0.3 is 0 Å². The fraction of sp³-hybridized carbons (Fsp3) is 0.733. The molecule has 22 heavy (non-hydrogen) atoms. The lowest BCUT2D eigenvalue weighted by atomic mass is 9.86. The number of likely N-dealkylation sites (tertiary alicyclic amines) is 1. The van der Waals surface area contributed by atoms with Crippen LogP contribution >= 0.6 is 11.3 Å². The summed E-state index contributed by atoms with van der Waals surface area (Å²) in [6, 6.07) is 0.509. The number of rotatable bonds is 7. The molecule has 0 radical (unpaired) electrons. The monoisotopic (exact) mass is 326 g/mol. The molecule has 1 aromatic heterocycles. The molecule has 2 N–H and O–H groups in total. The fourth-order valence-corrected chi connectivity index (χ4v) is 3.38. The van der Waals surface area contributed by atoms with Crippen molar-refractivity contribution >= 4 is 22.4 Å². The number of methoxy groups -OCH3 is 1. The molecule has 1 aromatic rings. The van der Waals surface area contributed by atoms with Gasteiger partial charge in [-0.2, -0.15) is 0 Å². The van der Waals surface area contributed by atoms with Crippen molar-refractivity contribution in [2.75, 3.05) is 38.7 Å². The summed E-state index contributed by atoms with van der Waals surface area (Å²) in [4.78, 5) is 19.4. The quantitative estimate of drug-likeness (QED) is 0.745. The van der Waals surface area contributed by atoms with E-state index in [2.05, 4.69) is 34.4 Å². The van der Waals surface area contributed by atoms with Gasteiger partial charge in [-0.3, -0.25) is 4.79 Å². The fourth-order valence-electron chi connectivity index (χ4n) is 2.76. The van der Waals surface area contributed by atoms with Gasteiger partial charge in [0.2, 0.25) is 5.91 Å². The summed E-state index contributed by atoms with van der Waals surface area (Å²) < 4.78 is 5.01. The molecule has 1 fully saturated rings. The average molecular weight is 326 g/mol. The van der Waals surface area contributed by atoms with Crippen molar-refractivity contribution in [1.29, 1.82) is 0 Å². The molecule has 1 aliphatic heterocycles. The number of aromatic nitrogens is 1. The molecule has 0 aromatic carbocycles. The van der Waals surface area contributed by atoms with E-state index in [9.17, 15) is 4.79 Å². The Bertz CT molecular complexity index is 456. The zero-order valence-corrected chi connectivity index (χ0v) is 14.4. The van der Waals surface area contributed by atoms with Crippen molar-refractivity contribution in [1.82, 2.24) is 15.2 Å². The van der Waals surface area contributed by atoms with Gasteiger partial charge in [0.05, 0.1) is 6.61 Å². The average Bonchev–Trinajstić information content (AvgIpc) is 3.00. The van der Waals surface area contributed by atoms with Crippen LogP contribution < -0.4 is 10.6 Å². The van der Waals surface area contributed by atoms with Gasteiger partial charge in [-0.1, -0.05) is 0 Å². The van der Waals surface area contributed by atoms with Gasteiger partial charge in [-0.25, -0.2) is 4.98 Å². The molecule has 7 heteroatoms. The molecule has 0 atom stereocenters. The number of nitrogens with zero attached hydrogens (tertiary/aromatic N) is 2. The maximum absolute atomic E-state index is 12.7. The topological polar surface area (TPSA) is 66.5 Å². The first-order valence-corrected chi connectivity index (χ1v) is 8.64. The molecule has 0 saturated carbocycles. The third-order valence-corrected chi connectivity index (χ3v) is 4.88. The van der Waals surface area contributed by atoms with Crippen LogP contribution in [0.5, 0.6) is 0 Å². The van der Waals surface area contributed by atoms with E-state index < -0.39 is 5.54 Å². The van der Waals surface area contributed by atoms with E-state index >= 15 is 0 Å². The van der Waals surface area contributed by atoms with E-state index in [1.165, 1.54) is 11.3 Å². The third kappa shape index (κ3) is 4.18. The zero-order chi connectivity index (χ0) is 16.0. The van der Waals surface area contributed by atoms with Crippen molar-refractivity contribution in [3.05, 3.63) is 11.6 Å². The smallest absolute Gasteiger partial charge is 0.245 e. The number of anilines is 1. The van der Waals surface area contributed by atoms with E-state index in [-0.39, 0.29) is 5.91 Å². The highest BCUT2D eigenvalue weighted by atomic mass is 32.1. The Morgan fingerprint density at radius 3 is 2.77 bits per heavy atom. The first kappa shape index (κ1) is 17.2. The van der Waals surface area contributed by atoms with Crippen molar-refractivity contribution in [2.45, 2.75) is 38.3 Å². The lowest BCUT2D eigenvalue weighted by Crippen LogP contribution is -2.59. The molecule has 2 rings (SSSR count). The molecule has 0 bridgehead atoms. The Balaban J connectivity index is 2.06. The van der Waals surface area contributed by atoms with Gasteiger partial charge in [0, 0.05) is 44.4 Å². The largest absolute Gasteiger partial charge is 0.383 e. The van der Waals surface area contributed by atoms with Crippen molar-refractivity contribution in [3.8, 4) is 0 Å². The number of amides is 1. The van der Waals surface area contributed by atoms with E-state index in [1.807, 2.05) is 5.38 Å². The predicted octanol–water partition coefficient (Wildman–Crippen LogP) is 1.56. The van der Waals surface area contributed by atoms with Gasteiger partial charge < -0.3 is 20.3 Å². The highest BCUT2D eigenvalue weighted by molar-refractivity contribution is 7.13. The Kier molecular flexibility index (Phi) is 6.16. The van der Waals surface area contributed by atoms with Gasteiger partial charge in [0.15, 0.2) is 5.13 Å². The minimum absolute atomic E-state index is 0.0446. The summed E-state index contributed by atoms with van der Waals surface area (Å²) in [5.74, 6) is 0.0446. The molecule has 2 heterocycles. The molecular formula is C15H26N4O2S. The number of carbonyl (C=O) groups is 1. The number of hydrogen-bond acceptors (Lipinski definition) is 6. The van der Waals surface area contributed by atoms with Crippen LogP contribution in [-0.2, 0) is 9.53 Å². The molecule has 6 nitrogen and oxygen atoms in total. The Hall–Kier alpha value is -1.18. The van der Waals surface area contributed by atoms with Gasteiger partial charge in [0.25, 0.3) is 0 Å². The SMILES string of the molecule is COCCNC(=O)C1(Nc2nccs2)CCN(C(C)C)CC1. The molecule has 0 spiro atoms. The Morgan fingerprint density at radius 1 is 1.50 bits per heavy atom. The second-order valence-electron chi connectivity index (χ2n) is 5.92. The van der Waals surface area contributed by atoms with Crippen molar-refractivity contribution < 1.29 is 9.53 Å². The predicted molar refractivity (Wildman–Crippen MR) is 89.3 cm³/mol. The molecule has 1 amide bonds. The molecule has 0 unspecified atom stereocenters. The van der Waals surface area contributed by atoms with Crippen LogP contribution in [0, 0.1) is 0 Å². The summed E-state index contributed by atoms with van der Waals surface area (Å²) in [6.07, 6.45) is 3.32. The molecule has 1 aliphatic rings. The lowest BCUT2D eigenvalue weighted by molar-refractivity contribution is -0.127. The maximum Gasteiger partial charge on any atom is 0.245 e. The summed E-state index contributed by atoms with van der Waals surface area (Å²) in [5.41, 5.74) is -0.572. The van der Waals surface area contributed by atoms with Gasteiger partial charge in [0.1, 0.15) is 5.54 Å². The van der Waals surface area contributed by atoms with Crippen LogP contribution in [0.1, 0.15) is 26.7 Å². The highest BCUT2D eigenvalue weighted by Gasteiger charge is 2.42. The number of carbonyl (C=O) groups excluding carboxylic acids is 1.